The van der Waals surface area contributed by atoms with Gasteiger partial charge in [-0.05, 0) is 48.2 Å². The number of nitrogens with one attached hydrogen (secondary N) is 2. The first-order valence-electron chi connectivity index (χ1n) is 10.0. The maximum absolute atomic E-state index is 13.4. The molecule has 8 heteroatoms. The van der Waals surface area contributed by atoms with Gasteiger partial charge in [-0.2, -0.15) is 0 Å². The molecule has 1 aliphatic heterocycles. The van der Waals surface area contributed by atoms with Crippen LogP contribution in [0.15, 0.2) is 48.5 Å². The molecule has 3 N–H and O–H groups in total. The van der Waals surface area contributed by atoms with Crippen LogP contribution in [0.4, 0.5) is 4.79 Å². The number of methoxy groups -OCH3 is 2. The summed E-state index contributed by atoms with van der Waals surface area (Å²) in [6.07, 6.45) is -0.387. The van der Waals surface area contributed by atoms with Gasteiger partial charge in [0.05, 0.1) is 20.3 Å². The third kappa shape index (κ3) is 3.42. The van der Waals surface area contributed by atoms with Gasteiger partial charge >= 0.3 is 6.03 Å². The lowest BCUT2D eigenvalue weighted by Gasteiger charge is -2.50. The standard InChI is InChI=1S/C23H24N2O6/c1-30-16-7-3-5-13(9-16)18-11-15(26)12-19(14-6-4-8-17(10-14)31-2)23(18)20(27)24-22(29)25-21(23)28/h3-10,15,18-19,26H,11-12H2,1-2H3,(H2,24,25,27,28,29)/t18-,19-/m1/s1. The number of aliphatic hydroxyl groups excluding tert-OH is 1. The SMILES string of the molecule is COc1cccc([C@H]2CC(O)C[C@H](c3cccc(OC)c3)C23C(=O)NC(=O)NC3=O)c1. The van der Waals surface area contributed by atoms with Crippen LogP contribution in [0.2, 0.25) is 0 Å². The van der Waals surface area contributed by atoms with Crippen LogP contribution in [-0.4, -0.2) is 43.3 Å². The van der Waals surface area contributed by atoms with Gasteiger partial charge in [0.1, 0.15) is 16.9 Å². The third-order valence-corrected chi connectivity index (χ3v) is 6.31. The van der Waals surface area contributed by atoms with Crippen molar-refractivity contribution in [3.05, 3.63) is 59.7 Å². The first-order valence-corrected chi connectivity index (χ1v) is 10.0. The van der Waals surface area contributed by atoms with E-state index in [1.54, 1.807) is 48.5 Å². The minimum Gasteiger partial charge on any atom is -0.497 e. The highest BCUT2D eigenvalue weighted by atomic mass is 16.5. The minimum atomic E-state index is -1.63. The molecule has 1 saturated heterocycles. The Kier molecular flexibility index (Phi) is 5.41. The van der Waals surface area contributed by atoms with Crippen LogP contribution in [0.5, 0.6) is 11.5 Å². The van der Waals surface area contributed by atoms with Crippen molar-refractivity contribution >= 4 is 17.8 Å². The lowest BCUT2D eigenvalue weighted by molar-refractivity contribution is -0.152. The van der Waals surface area contributed by atoms with Crippen LogP contribution in [0.1, 0.15) is 35.8 Å². The molecule has 4 amide bonds. The Morgan fingerprint density at radius 3 is 1.71 bits per heavy atom. The molecule has 4 rings (SSSR count). The summed E-state index contributed by atoms with van der Waals surface area (Å²) >= 11 is 0. The van der Waals surface area contributed by atoms with E-state index in [1.165, 1.54) is 14.2 Å². The number of hydrogen-bond donors (Lipinski definition) is 3. The van der Waals surface area contributed by atoms with Crippen LogP contribution >= 0.6 is 0 Å². The molecule has 31 heavy (non-hydrogen) atoms. The molecule has 2 fully saturated rings. The van der Waals surface area contributed by atoms with Crippen LogP contribution in [0, 0.1) is 5.41 Å². The zero-order valence-corrected chi connectivity index (χ0v) is 17.3. The zero-order chi connectivity index (χ0) is 22.2. The van der Waals surface area contributed by atoms with Crippen LogP contribution < -0.4 is 20.1 Å². The molecule has 1 heterocycles. The van der Waals surface area contributed by atoms with Crippen molar-refractivity contribution in [1.82, 2.24) is 10.6 Å². The zero-order valence-electron chi connectivity index (χ0n) is 17.3. The summed E-state index contributed by atoms with van der Waals surface area (Å²) in [5.41, 5.74) is -0.289. The van der Waals surface area contributed by atoms with E-state index in [0.717, 1.165) is 0 Å². The maximum atomic E-state index is 13.4. The van der Waals surface area contributed by atoms with E-state index in [1.807, 2.05) is 0 Å². The van der Waals surface area contributed by atoms with Gasteiger partial charge in [-0.15, -0.1) is 0 Å². The summed E-state index contributed by atoms with van der Waals surface area (Å²) in [6.45, 7) is 0. The molecule has 2 atom stereocenters. The molecule has 0 aromatic heterocycles. The van der Waals surface area contributed by atoms with Crippen molar-refractivity contribution in [2.24, 2.45) is 5.41 Å². The average Bonchev–Trinajstić information content (AvgIpc) is 2.77. The molecule has 2 aromatic rings. The smallest absolute Gasteiger partial charge is 0.328 e. The number of rotatable bonds is 4. The fraction of sp³-hybridized carbons (Fsp3) is 0.348. The first kappa shape index (κ1) is 20.9. The van der Waals surface area contributed by atoms with Gasteiger partial charge in [0, 0.05) is 11.8 Å². The second kappa shape index (κ2) is 8.03. The van der Waals surface area contributed by atoms with Gasteiger partial charge in [0.25, 0.3) is 0 Å². The highest BCUT2D eigenvalue weighted by Crippen LogP contribution is 2.56. The fourth-order valence-electron chi connectivity index (χ4n) is 4.95. The Balaban J connectivity index is 1.94. The summed E-state index contributed by atoms with van der Waals surface area (Å²) in [5, 5.41) is 15.3. The summed E-state index contributed by atoms with van der Waals surface area (Å²) in [6, 6.07) is 13.3. The molecular weight excluding hydrogens is 400 g/mol. The average molecular weight is 424 g/mol. The van der Waals surface area contributed by atoms with E-state index in [-0.39, 0.29) is 12.8 Å². The lowest BCUT2D eigenvalue weighted by atomic mass is 9.54. The molecule has 1 aliphatic carbocycles. The van der Waals surface area contributed by atoms with E-state index in [9.17, 15) is 19.5 Å². The highest BCUT2D eigenvalue weighted by Gasteiger charge is 2.63. The highest BCUT2D eigenvalue weighted by molar-refractivity contribution is 6.20. The number of amides is 4. The molecule has 0 bridgehead atoms. The largest absolute Gasteiger partial charge is 0.497 e. The van der Waals surface area contributed by atoms with Gasteiger partial charge in [0.2, 0.25) is 11.8 Å². The predicted molar refractivity (Wildman–Crippen MR) is 111 cm³/mol. The molecule has 162 valence electrons. The van der Waals surface area contributed by atoms with Crippen LogP contribution in [0.25, 0.3) is 0 Å². The van der Waals surface area contributed by atoms with E-state index in [4.69, 9.17) is 9.47 Å². The Morgan fingerprint density at radius 1 is 0.839 bits per heavy atom. The van der Waals surface area contributed by atoms with Crippen molar-refractivity contribution in [3.8, 4) is 11.5 Å². The molecule has 1 saturated carbocycles. The van der Waals surface area contributed by atoms with E-state index in [0.29, 0.717) is 22.6 Å². The maximum Gasteiger partial charge on any atom is 0.328 e. The van der Waals surface area contributed by atoms with Crippen LogP contribution in [-0.2, 0) is 9.59 Å². The van der Waals surface area contributed by atoms with Crippen molar-refractivity contribution in [2.45, 2.75) is 30.8 Å². The number of barbiturate groups is 1. The minimum absolute atomic E-state index is 0.183. The van der Waals surface area contributed by atoms with E-state index >= 15 is 0 Å². The number of carbonyl (C=O) groups is 3. The summed E-state index contributed by atoms with van der Waals surface area (Å²) < 4.78 is 10.7. The number of carbonyl (C=O) groups excluding carboxylic acids is 3. The Morgan fingerprint density at radius 2 is 1.29 bits per heavy atom. The normalized spacial score (nSPS) is 25.0. The lowest BCUT2D eigenvalue weighted by Crippen LogP contribution is -2.68. The van der Waals surface area contributed by atoms with Gasteiger partial charge in [0.15, 0.2) is 0 Å². The number of ether oxygens (including phenoxy) is 2. The summed E-state index contributed by atoms with van der Waals surface area (Å²) in [4.78, 5) is 38.8. The number of benzene rings is 2. The predicted octanol–water partition coefficient (Wildman–Crippen LogP) is 2.08. The van der Waals surface area contributed by atoms with Gasteiger partial charge in [-0.25, -0.2) is 4.79 Å². The van der Waals surface area contributed by atoms with Crippen molar-refractivity contribution < 1.29 is 29.0 Å². The molecule has 2 aromatic carbocycles. The number of hydrogen-bond acceptors (Lipinski definition) is 6. The fourth-order valence-corrected chi connectivity index (χ4v) is 4.95. The van der Waals surface area contributed by atoms with E-state index < -0.39 is 41.2 Å². The first-order chi connectivity index (χ1) is 14.9. The molecule has 0 radical (unpaired) electrons. The monoisotopic (exact) mass is 424 g/mol. The number of aliphatic hydroxyl groups is 1. The number of urea groups is 1. The topological polar surface area (TPSA) is 114 Å². The van der Waals surface area contributed by atoms with Crippen molar-refractivity contribution in [3.63, 3.8) is 0 Å². The molecule has 8 nitrogen and oxygen atoms in total. The Hall–Kier alpha value is -3.39. The molecular formula is C23H24N2O6. The molecule has 1 spiro atoms. The number of imide groups is 2. The van der Waals surface area contributed by atoms with Gasteiger partial charge in [-0.3, -0.25) is 20.2 Å². The van der Waals surface area contributed by atoms with Crippen LogP contribution in [0.3, 0.4) is 0 Å². The molecule has 0 unspecified atom stereocenters. The van der Waals surface area contributed by atoms with Crippen molar-refractivity contribution in [1.29, 1.82) is 0 Å². The Bertz CT molecular complexity index is 957. The summed E-state index contributed by atoms with van der Waals surface area (Å²) in [5.74, 6) is -1.58. The molecule has 2 aliphatic rings. The van der Waals surface area contributed by atoms with Gasteiger partial charge < -0.3 is 14.6 Å². The quantitative estimate of drug-likeness (QED) is 0.648. The van der Waals surface area contributed by atoms with E-state index in [2.05, 4.69) is 10.6 Å². The third-order valence-electron chi connectivity index (χ3n) is 6.31. The van der Waals surface area contributed by atoms with Gasteiger partial charge in [-0.1, -0.05) is 24.3 Å². The summed E-state index contributed by atoms with van der Waals surface area (Å²) in [7, 11) is 3.06. The Labute approximate surface area is 179 Å². The second-order valence-corrected chi connectivity index (χ2v) is 7.89. The van der Waals surface area contributed by atoms with Crippen molar-refractivity contribution in [2.75, 3.05) is 14.2 Å². The second-order valence-electron chi connectivity index (χ2n) is 7.89.